The number of aromatic amines is 1. The lowest BCUT2D eigenvalue weighted by Crippen LogP contribution is -2.40. The number of ether oxygens (including phenoxy) is 1. The zero-order valence-corrected chi connectivity index (χ0v) is 13.6. The van der Waals surface area contributed by atoms with E-state index in [2.05, 4.69) is 22.1 Å². The molecule has 3 heterocycles. The van der Waals surface area contributed by atoms with E-state index in [4.69, 9.17) is 4.74 Å². The highest BCUT2D eigenvalue weighted by Crippen LogP contribution is 2.24. The van der Waals surface area contributed by atoms with Crippen molar-refractivity contribution >= 4 is 5.91 Å². The van der Waals surface area contributed by atoms with E-state index < -0.39 is 0 Å². The number of amides is 1. The van der Waals surface area contributed by atoms with Crippen LogP contribution in [-0.4, -0.2) is 46.2 Å². The molecule has 0 unspecified atom stereocenters. The van der Waals surface area contributed by atoms with Gasteiger partial charge in [0.2, 0.25) is 5.88 Å². The van der Waals surface area contributed by atoms with Crippen LogP contribution in [0, 0.1) is 12.8 Å². The van der Waals surface area contributed by atoms with Crippen LogP contribution in [0.3, 0.4) is 0 Å². The molecule has 6 heteroatoms. The number of likely N-dealkylation sites (tertiary alicyclic amines) is 1. The van der Waals surface area contributed by atoms with Gasteiger partial charge in [0.25, 0.3) is 5.91 Å². The highest BCUT2D eigenvalue weighted by molar-refractivity contribution is 5.96. The van der Waals surface area contributed by atoms with Crippen molar-refractivity contribution in [1.82, 2.24) is 20.1 Å². The molecule has 1 aliphatic heterocycles. The van der Waals surface area contributed by atoms with E-state index in [9.17, 15) is 4.79 Å². The molecule has 3 rings (SSSR count). The van der Waals surface area contributed by atoms with Gasteiger partial charge in [-0.15, -0.1) is 0 Å². The van der Waals surface area contributed by atoms with Crippen LogP contribution >= 0.6 is 0 Å². The van der Waals surface area contributed by atoms with E-state index in [-0.39, 0.29) is 5.91 Å². The van der Waals surface area contributed by atoms with Gasteiger partial charge in [0.05, 0.1) is 13.3 Å². The number of methoxy groups -OCH3 is 1. The molecule has 0 bridgehead atoms. The van der Waals surface area contributed by atoms with Crippen LogP contribution in [0.25, 0.3) is 0 Å². The number of piperidine rings is 1. The predicted octanol–water partition coefficient (Wildman–Crippen LogP) is 2.22. The number of aromatic nitrogens is 3. The maximum absolute atomic E-state index is 12.8. The van der Waals surface area contributed by atoms with Crippen molar-refractivity contribution in [1.29, 1.82) is 0 Å². The molecule has 1 atom stereocenters. The number of H-pyrrole nitrogens is 1. The minimum Gasteiger partial charge on any atom is -0.480 e. The Hall–Kier alpha value is -2.37. The lowest BCUT2D eigenvalue weighted by Gasteiger charge is -2.33. The second-order valence-electron chi connectivity index (χ2n) is 6.06. The molecule has 0 saturated carbocycles. The van der Waals surface area contributed by atoms with Crippen LogP contribution < -0.4 is 4.74 Å². The zero-order chi connectivity index (χ0) is 16.2. The minimum absolute atomic E-state index is 0.000910. The molecule has 1 saturated heterocycles. The van der Waals surface area contributed by atoms with Gasteiger partial charge in [-0.1, -0.05) is 0 Å². The normalized spacial score (nSPS) is 18.0. The van der Waals surface area contributed by atoms with E-state index in [0.29, 0.717) is 17.4 Å². The van der Waals surface area contributed by atoms with Crippen molar-refractivity contribution < 1.29 is 9.53 Å². The largest absolute Gasteiger partial charge is 0.480 e. The van der Waals surface area contributed by atoms with Crippen molar-refractivity contribution in [3.8, 4) is 5.88 Å². The third-order valence-electron chi connectivity index (χ3n) is 4.43. The summed E-state index contributed by atoms with van der Waals surface area (Å²) >= 11 is 0. The summed E-state index contributed by atoms with van der Waals surface area (Å²) in [6.07, 6.45) is 6.57. The Morgan fingerprint density at radius 1 is 1.52 bits per heavy atom. The summed E-state index contributed by atoms with van der Waals surface area (Å²) < 4.78 is 5.21. The summed E-state index contributed by atoms with van der Waals surface area (Å²) in [4.78, 5) is 18.8. The highest BCUT2D eigenvalue weighted by atomic mass is 16.5. The van der Waals surface area contributed by atoms with E-state index in [1.165, 1.54) is 11.3 Å². The number of rotatable bonds is 4. The fourth-order valence-electron chi connectivity index (χ4n) is 3.17. The van der Waals surface area contributed by atoms with Gasteiger partial charge >= 0.3 is 0 Å². The second kappa shape index (κ2) is 6.81. The zero-order valence-electron chi connectivity index (χ0n) is 13.6. The molecule has 6 nitrogen and oxygen atoms in total. The number of carbonyl (C=O) groups is 1. The Bertz CT molecular complexity index is 683. The van der Waals surface area contributed by atoms with E-state index in [1.54, 1.807) is 25.4 Å². The standard InChI is InChI=1S/C17H22N4O2/c1-12-10-19-20-15(12)9-13-5-4-8-21(11-13)17(22)14-6-3-7-18-16(14)23-2/h3,6-7,10,13H,4-5,8-9,11H2,1-2H3,(H,19,20)/t13-/m0/s1. The first kappa shape index (κ1) is 15.5. The average molecular weight is 314 g/mol. The Labute approximate surface area is 135 Å². The van der Waals surface area contributed by atoms with Crippen LogP contribution in [0.15, 0.2) is 24.5 Å². The summed E-state index contributed by atoms with van der Waals surface area (Å²) in [7, 11) is 1.54. The third-order valence-corrected chi connectivity index (χ3v) is 4.43. The fourth-order valence-corrected chi connectivity index (χ4v) is 3.17. The summed E-state index contributed by atoms with van der Waals surface area (Å²) in [5.41, 5.74) is 2.89. The number of nitrogens with one attached hydrogen (secondary N) is 1. The molecule has 0 radical (unpaired) electrons. The van der Waals surface area contributed by atoms with Gasteiger partial charge in [-0.2, -0.15) is 5.10 Å². The molecule has 1 amide bonds. The van der Waals surface area contributed by atoms with Gasteiger partial charge in [0, 0.05) is 25.0 Å². The van der Waals surface area contributed by atoms with Gasteiger partial charge < -0.3 is 9.64 Å². The summed E-state index contributed by atoms with van der Waals surface area (Å²) in [5.74, 6) is 0.847. The summed E-state index contributed by atoms with van der Waals surface area (Å²) in [5, 5.41) is 7.14. The average Bonchev–Trinajstić information content (AvgIpc) is 2.99. The van der Waals surface area contributed by atoms with Crippen LogP contribution in [0.2, 0.25) is 0 Å². The molecular weight excluding hydrogens is 292 g/mol. The quantitative estimate of drug-likeness (QED) is 0.939. The van der Waals surface area contributed by atoms with E-state index >= 15 is 0 Å². The van der Waals surface area contributed by atoms with Crippen LogP contribution in [0.1, 0.15) is 34.5 Å². The van der Waals surface area contributed by atoms with Crippen LogP contribution in [0.5, 0.6) is 5.88 Å². The number of aryl methyl sites for hydroxylation is 1. The Kier molecular flexibility index (Phi) is 4.60. The summed E-state index contributed by atoms with van der Waals surface area (Å²) in [6.45, 7) is 3.61. The fraction of sp³-hybridized carbons (Fsp3) is 0.471. The van der Waals surface area contributed by atoms with Gasteiger partial charge in [0.15, 0.2) is 0 Å². The Morgan fingerprint density at radius 3 is 3.13 bits per heavy atom. The van der Waals surface area contributed by atoms with Crippen molar-refractivity contribution in [2.75, 3.05) is 20.2 Å². The number of hydrogen-bond donors (Lipinski definition) is 1. The molecule has 122 valence electrons. The molecule has 1 N–H and O–H groups in total. The highest BCUT2D eigenvalue weighted by Gasteiger charge is 2.27. The van der Waals surface area contributed by atoms with Crippen LogP contribution in [0.4, 0.5) is 0 Å². The number of nitrogens with zero attached hydrogens (tertiary/aromatic N) is 3. The molecule has 1 aliphatic rings. The Balaban J connectivity index is 1.70. The number of hydrogen-bond acceptors (Lipinski definition) is 4. The molecule has 0 spiro atoms. The lowest BCUT2D eigenvalue weighted by atomic mass is 9.92. The molecule has 2 aromatic rings. The smallest absolute Gasteiger partial charge is 0.259 e. The first-order chi connectivity index (χ1) is 11.2. The number of pyridine rings is 1. The molecule has 0 aromatic carbocycles. The van der Waals surface area contributed by atoms with Crippen molar-refractivity contribution in [2.45, 2.75) is 26.2 Å². The molecular formula is C17H22N4O2. The van der Waals surface area contributed by atoms with E-state index in [1.807, 2.05) is 11.1 Å². The monoisotopic (exact) mass is 314 g/mol. The van der Waals surface area contributed by atoms with Crippen molar-refractivity contribution in [2.24, 2.45) is 5.92 Å². The first-order valence-electron chi connectivity index (χ1n) is 7.96. The SMILES string of the molecule is COc1ncccc1C(=O)N1CCC[C@@H](Cc2[nH]ncc2C)C1. The van der Waals surface area contributed by atoms with Crippen LogP contribution in [-0.2, 0) is 6.42 Å². The summed E-state index contributed by atoms with van der Waals surface area (Å²) in [6, 6.07) is 3.54. The third kappa shape index (κ3) is 3.36. The lowest BCUT2D eigenvalue weighted by molar-refractivity contribution is 0.0668. The molecule has 0 aliphatic carbocycles. The van der Waals surface area contributed by atoms with Crippen molar-refractivity contribution in [3.05, 3.63) is 41.3 Å². The predicted molar refractivity (Wildman–Crippen MR) is 86.4 cm³/mol. The second-order valence-corrected chi connectivity index (χ2v) is 6.06. The Morgan fingerprint density at radius 2 is 2.39 bits per heavy atom. The maximum Gasteiger partial charge on any atom is 0.259 e. The van der Waals surface area contributed by atoms with Gasteiger partial charge in [-0.25, -0.2) is 4.98 Å². The first-order valence-corrected chi connectivity index (χ1v) is 7.96. The maximum atomic E-state index is 12.8. The topological polar surface area (TPSA) is 71.1 Å². The van der Waals surface area contributed by atoms with Crippen molar-refractivity contribution in [3.63, 3.8) is 0 Å². The van der Waals surface area contributed by atoms with Gasteiger partial charge in [-0.3, -0.25) is 9.89 Å². The minimum atomic E-state index is 0.000910. The molecule has 1 fully saturated rings. The van der Waals surface area contributed by atoms with E-state index in [0.717, 1.165) is 32.4 Å². The van der Waals surface area contributed by atoms with Gasteiger partial charge in [0.1, 0.15) is 5.56 Å². The molecule has 23 heavy (non-hydrogen) atoms. The number of carbonyl (C=O) groups excluding carboxylic acids is 1. The molecule has 2 aromatic heterocycles. The van der Waals surface area contributed by atoms with Gasteiger partial charge in [-0.05, 0) is 49.8 Å².